The maximum atomic E-state index is 2.67. The van der Waals surface area contributed by atoms with E-state index >= 15 is 0 Å². The summed E-state index contributed by atoms with van der Waals surface area (Å²) >= 11 is 0. The fourth-order valence-corrected chi connectivity index (χ4v) is 4.48. The van der Waals surface area contributed by atoms with Gasteiger partial charge in [0, 0.05) is 26.2 Å². The summed E-state index contributed by atoms with van der Waals surface area (Å²) in [7, 11) is 0. The first-order chi connectivity index (χ1) is 11.9. The first-order valence-electron chi connectivity index (χ1n) is 9.39. The molecule has 0 N–H and O–H groups in total. The second-order valence-corrected chi connectivity index (χ2v) is 7.54. The summed E-state index contributed by atoms with van der Waals surface area (Å²) in [6.45, 7) is 7.31. The zero-order valence-electron chi connectivity index (χ0n) is 14.5. The fourth-order valence-electron chi connectivity index (χ4n) is 4.48. The number of nitrogens with zero attached hydrogens (tertiary/aromatic N) is 2. The van der Waals surface area contributed by atoms with E-state index in [4.69, 9.17) is 0 Å². The second kappa shape index (κ2) is 7.50. The zero-order valence-corrected chi connectivity index (χ0v) is 14.5. The van der Waals surface area contributed by atoms with Crippen molar-refractivity contribution < 1.29 is 0 Å². The van der Waals surface area contributed by atoms with Crippen LogP contribution in [0.3, 0.4) is 0 Å². The van der Waals surface area contributed by atoms with E-state index in [1.165, 1.54) is 50.1 Å². The van der Waals surface area contributed by atoms with E-state index in [1.807, 2.05) is 0 Å². The lowest BCUT2D eigenvalue weighted by Crippen LogP contribution is -2.49. The Labute approximate surface area is 146 Å². The minimum absolute atomic E-state index is 0.847. The molecule has 2 fully saturated rings. The molecule has 0 saturated carbocycles. The van der Waals surface area contributed by atoms with E-state index in [2.05, 4.69) is 70.5 Å². The molecule has 24 heavy (non-hydrogen) atoms. The van der Waals surface area contributed by atoms with Gasteiger partial charge in [-0.2, -0.15) is 0 Å². The highest BCUT2D eigenvalue weighted by Crippen LogP contribution is 2.32. The highest BCUT2D eigenvalue weighted by Gasteiger charge is 2.33. The van der Waals surface area contributed by atoms with Crippen LogP contribution in [0.25, 0.3) is 0 Å². The van der Waals surface area contributed by atoms with Gasteiger partial charge in [0.2, 0.25) is 0 Å². The molecule has 0 amide bonds. The van der Waals surface area contributed by atoms with Crippen LogP contribution < -0.4 is 0 Å². The van der Waals surface area contributed by atoms with Crippen molar-refractivity contribution in [1.29, 1.82) is 0 Å². The van der Waals surface area contributed by atoms with Gasteiger partial charge in [-0.1, -0.05) is 60.7 Å². The van der Waals surface area contributed by atoms with Crippen LogP contribution in [0, 0.1) is 11.8 Å². The molecule has 2 nitrogen and oxygen atoms in total. The van der Waals surface area contributed by atoms with Gasteiger partial charge in [-0.25, -0.2) is 0 Å². The number of rotatable bonds is 4. The van der Waals surface area contributed by atoms with Gasteiger partial charge in [0.05, 0.1) is 0 Å². The molecule has 126 valence electrons. The molecule has 2 heterocycles. The van der Waals surface area contributed by atoms with Crippen LogP contribution in [0.5, 0.6) is 0 Å². The summed E-state index contributed by atoms with van der Waals surface area (Å²) in [5.74, 6) is 1.80. The summed E-state index contributed by atoms with van der Waals surface area (Å²) in [6, 6.07) is 21.9. The highest BCUT2D eigenvalue weighted by molar-refractivity contribution is 5.15. The minimum Gasteiger partial charge on any atom is -0.299 e. The Kier molecular flexibility index (Phi) is 4.96. The van der Waals surface area contributed by atoms with Crippen molar-refractivity contribution >= 4 is 0 Å². The normalized spacial score (nSPS) is 25.3. The molecule has 2 aromatic carbocycles. The predicted octanol–water partition coefficient (Wildman–Crippen LogP) is 4.03. The van der Waals surface area contributed by atoms with Gasteiger partial charge in [0.15, 0.2) is 0 Å². The average Bonchev–Trinajstić information content (AvgIpc) is 2.63. The third-order valence-electron chi connectivity index (χ3n) is 5.78. The molecule has 0 spiro atoms. The Morgan fingerprint density at radius 3 is 1.54 bits per heavy atom. The van der Waals surface area contributed by atoms with Crippen molar-refractivity contribution in [3.63, 3.8) is 0 Å². The SMILES string of the molecule is c1ccc(CN2CCC3CCN(Cc4ccccc4)CC3C2)cc1. The predicted molar refractivity (Wildman–Crippen MR) is 99.7 cm³/mol. The van der Waals surface area contributed by atoms with Crippen LogP contribution in [0.15, 0.2) is 60.7 Å². The van der Waals surface area contributed by atoms with E-state index < -0.39 is 0 Å². The Morgan fingerprint density at radius 1 is 0.625 bits per heavy atom. The van der Waals surface area contributed by atoms with Crippen LogP contribution in [0.4, 0.5) is 0 Å². The van der Waals surface area contributed by atoms with Crippen LogP contribution in [0.2, 0.25) is 0 Å². The molecule has 2 aliphatic heterocycles. The molecule has 0 unspecified atom stereocenters. The minimum atomic E-state index is 0.847. The molecule has 2 saturated heterocycles. The van der Waals surface area contributed by atoms with E-state index in [1.54, 1.807) is 0 Å². The molecular weight excluding hydrogens is 292 g/mol. The van der Waals surface area contributed by atoms with Crippen molar-refractivity contribution in [3.8, 4) is 0 Å². The van der Waals surface area contributed by atoms with Crippen LogP contribution >= 0.6 is 0 Å². The molecule has 4 rings (SSSR count). The first-order valence-corrected chi connectivity index (χ1v) is 9.39. The summed E-state index contributed by atoms with van der Waals surface area (Å²) in [5, 5.41) is 0. The average molecular weight is 320 g/mol. The van der Waals surface area contributed by atoms with Crippen molar-refractivity contribution in [2.24, 2.45) is 11.8 Å². The Morgan fingerprint density at radius 2 is 1.08 bits per heavy atom. The molecule has 0 aliphatic carbocycles. The Balaban J connectivity index is 1.34. The molecular formula is C22H28N2. The van der Waals surface area contributed by atoms with Crippen molar-refractivity contribution in [2.45, 2.75) is 25.9 Å². The molecule has 0 bridgehead atoms. The molecule has 2 aromatic rings. The molecule has 0 aromatic heterocycles. The Bertz CT molecular complexity index is 569. The maximum absolute atomic E-state index is 2.67. The number of benzene rings is 2. The van der Waals surface area contributed by atoms with Crippen molar-refractivity contribution in [1.82, 2.24) is 9.80 Å². The topological polar surface area (TPSA) is 6.48 Å². The number of piperidine rings is 2. The fraction of sp³-hybridized carbons (Fsp3) is 0.455. The van der Waals surface area contributed by atoms with Gasteiger partial charge in [0.1, 0.15) is 0 Å². The standard InChI is InChI=1S/C22H28N2/c1-3-7-19(8-4-1)15-23-13-11-21-12-14-24(18-22(21)17-23)16-20-9-5-2-6-10-20/h1-10,21-22H,11-18H2. The zero-order chi connectivity index (χ0) is 16.2. The highest BCUT2D eigenvalue weighted by atomic mass is 15.2. The molecule has 2 aliphatic rings. The first kappa shape index (κ1) is 15.9. The monoisotopic (exact) mass is 320 g/mol. The number of hydrogen-bond acceptors (Lipinski definition) is 2. The molecule has 0 radical (unpaired) electrons. The smallest absolute Gasteiger partial charge is 0.0233 e. The molecule has 0 atom stereocenters. The molecule has 2 heteroatoms. The second-order valence-electron chi connectivity index (χ2n) is 7.54. The lowest BCUT2D eigenvalue weighted by atomic mass is 9.80. The van der Waals surface area contributed by atoms with Crippen LogP contribution in [-0.2, 0) is 13.1 Å². The largest absolute Gasteiger partial charge is 0.299 e. The Hall–Kier alpha value is -1.64. The number of hydrogen-bond donors (Lipinski definition) is 0. The van der Waals surface area contributed by atoms with Gasteiger partial charge in [-0.3, -0.25) is 9.80 Å². The van der Waals surface area contributed by atoms with Crippen LogP contribution in [0.1, 0.15) is 24.0 Å². The van der Waals surface area contributed by atoms with E-state index in [0.717, 1.165) is 24.9 Å². The summed E-state index contributed by atoms with van der Waals surface area (Å²) < 4.78 is 0. The van der Waals surface area contributed by atoms with Gasteiger partial charge >= 0.3 is 0 Å². The van der Waals surface area contributed by atoms with E-state index in [-0.39, 0.29) is 0 Å². The lowest BCUT2D eigenvalue weighted by Gasteiger charge is -2.45. The van der Waals surface area contributed by atoms with E-state index in [9.17, 15) is 0 Å². The van der Waals surface area contributed by atoms with Crippen molar-refractivity contribution in [3.05, 3.63) is 71.8 Å². The van der Waals surface area contributed by atoms with Gasteiger partial charge in [0.25, 0.3) is 0 Å². The number of fused-ring (bicyclic) bond motifs is 1. The third-order valence-corrected chi connectivity index (χ3v) is 5.78. The van der Waals surface area contributed by atoms with Gasteiger partial charge in [-0.05, 0) is 48.9 Å². The maximum Gasteiger partial charge on any atom is 0.0233 e. The summed E-state index contributed by atoms with van der Waals surface area (Å²) in [6.07, 6.45) is 2.77. The van der Waals surface area contributed by atoms with Crippen LogP contribution in [-0.4, -0.2) is 36.0 Å². The van der Waals surface area contributed by atoms with Gasteiger partial charge in [-0.15, -0.1) is 0 Å². The van der Waals surface area contributed by atoms with Crippen molar-refractivity contribution in [2.75, 3.05) is 26.2 Å². The summed E-state index contributed by atoms with van der Waals surface area (Å²) in [5.41, 5.74) is 2.90. The summed E-state index contributed by atoms with van der Waals surface area (Å²) in [4.78, 5) is 5.34. The third kappa shape index (κ3) is 3.88. The quantitative estimate of drug-likeness (QED) is 0.839. The number of likely N-dealkylation sites (tertiary alicyclic amines) is 2. The van der Waals surface area contributed by atoms with E-state index in [0.29, 0.717) is 0 Å². The van der Waals surface area contributed by atoms with Gasteiger partial charge < -0.3 is 0 Å². The lowest BCUT2D eigenvalue weighted by molar-refractivity contribution is 0.0356.